The van der Waals surface area contributed by atoms with Crippen LogP contribution in [0.1, 0.15) is 16.7 Å². The molecule has 1 fully saturated rings. The number of amides is 1. The Morgan fingerprint density at radius 2 is 1.73 bits per heavy atom. The molecular weight excluding hydrogens is 322 g/mol. The van der Waals surface area contributed by atoms with Crippen molar-refractivity contribution in [1.82, 2.24) is 14.8 Å². The molecule has 134 valence electrons. The second-order valence-electron chi connectivity index (χ2n) is 7.18. The van der Waals surface area contributed by atoms with Gasteiger partial charge in [0, 0.05) is 49.8 Å². The van der Waals surface area contributed by atoms with E-state index in [1.807, 2.05) is 29.3 Å². The molecular formula is C22H25N3O. The maximum Gasteiger partial charge on any atom is 0.227 e. The first-order chi connectivity index (χ1) is 12.7. The molecule has 1 aliphatic heterocycles. The van der Waals surface area contributed by atoms with Gasteiger partial charge in [0.2, 0.25) is 5.91 Å². The quantitative estimate of drug-likeness (QED) is 0.786. The maximum absolute atomic E-state index is 12.7. The number of carbonyl (C=O) groups excluding carboxylic acids is 1. The smallest absolute Gasteiger partial charge is 0.227 e. The van der Waals surface area contributed by atoms with Crippen LogP contribution in [0.25, 0.3) is 10.9 Å². The van der Waals surface area contributed by atoms with Gasteiger partial charge in [0.15, 0.2) is 0 Å². The van der Waals surface area contributed by atoms with Gasteiger partial charge in [-0.05, 0) is 24.1 Å². The van der Waals surface area contributed by atoms with Crippen LogP contribution in [0, 0.1) is 6.92 Å². The highest BCUT2D eigenvalue weighted by Crippen LogP contribution is 2.19. The number of carbonyl (C=O) groups is 1. The van der Waals surface area contributed by atoms with Crippen LogP contribution < -0.4 is 0 Å². The normalized spacial score (nSPS) is 15.5. The Bertz CT molecular complexity index is 889. The zero-order valence-electron chi connectivity index (χ0n) is 15.2. The minimum atomic E-state index is 0.227. The SMILES string of the molecule is Cc1ccc(CN2CCN(C(=O)Cc3c[nH]c4ccccc34)CC2)cc1. The Labute approximate surface area is 154 Å². The van der Waals surface area contributed by atoms with Crippen LogP contribution in [0.2, 0.25) is 0 Å². The van der Waals surface area contributed by atoms with Crippen molar-refractivity contribution in [1.29, 1.82) is 0 Å². The van der Waals surface area contributed by atoms with E-state index in [0.29, 0.717) is 6.42 Å². The Morgan fingerprint density at radius 3 is 2.50 bits per heavy atom. The highest BCUT2D eigenvalue weighted by atomic mass is 16.2. The molecule has 0 spiro atoms. The van der Waals surface area contributed by atoms with Gasteiger partial charge in [-0.1, -0.05) is 48.0 Å². The molecule has 2 heterocycles. The summed E-state index contributed by atoms with van der Waals surface area (Å²) in [4.78, 5) is 20.4. The van der Waals surface area contributed by atoms with Crippen molar-refractivity contribution in [2.45, 2.75) is 19.9 Å². The second kappa shape index (κ2) is 7.34. The lowest BCUT2D eigenvalue weighted by Gasteiger charge is -2.34. The predicted octanol–water partition coefficient (Wildman–Crippen LogP) is 3.36. The predicted molar refractivity (Wildman–Crippen MR) is 105 cm³/mol. The van der Waals surface area contributed by atoms with Crippen molar-refractivity contribution in [2.75, 3.05) is 26.2 Å². The number of nitrogens with zero attached hydrogens (tertiary/aromatic N) is 2. The summed E-state index contributed by atoms with van der Waals surface area (Å²) in [6, 6.07) is 16.9. The van der Waals surface area contributed by atoms with Crippen molar-refractivity contribution in [3.8, 4) is 0 Å². The molecule has 0 radical (unpaired) electrons. The molecule has 4 rings (SSSR count). The first kappa shape index (κ1) is 16.9. The van der Waals surface area contributed by atoms with E-state index >= 15 is 0 Å². The summed E-state index contributed by atoms with van der Waals surface area (Å²) < 4.78 is 0. The first-order valence-corrected chi connectivity index (χ1v) is 9.30. The number of rotatable bonds is 4. The molecule has 0 saturated carbocycles. The van der Waals surface area contributed by atoms with Crippen LogP contribution in [-0.4, -0.2) is 46.9 Å². The van der Waals surface area contributed by atoms with Gasteiger partial charge in [0.1, 0.15) is 0 Å². The van der Waals surface area contributed by atoms with E-state index in [1.54, 1.807) is 0 Å². The number of aromatic amines is 1. The number of hydrogen-bond acceptors (Lipinski definition) is 2. The zero-order chi connectivity index (χ0) is 17.9. The largest absolute Gasteiger partial charge is 0.361 e. The number of piperazine rings is 1. The molecule has 4 heteroatoms. The number of fused-ring (bicyclic) bond motifs is 1. The first-order valence-electron chi connectivity index (χ1n) is 9.30. The summed E-state index contributed by atoms with van der Waals surface area (Å²) in [6.45, 7) is 6.58. The van der Waals surface area contributed by atoms with E-state index in [1.165, 1.54) is 11.1 Å². The molecule has 1 amide bonds. The summed E-state index contributed by atoms with van der Waals surface area (Å²) in [6.07, 6.45) is 2.44. The van der Waals surface area contributed by atoms with Crippen molar-refractivity contribution < 1.29 is 4.79 Å². The lowest BCUT2D eigenvalue weighted by molar-refractivity contribution is -0.132. The van der Waals surface area contributed by atoms with Gasteiger partial charge in [-0.25, -0.2) is 0 Å². The number of para-hydroxylation sites is 1. The summed E-state index contributed by atoms with van der Waals surface area (Å²) in [5.41, 5.74) is 4.82. The molecule has 0 bridgehead atoms. The Hall–Kier alpha value is -2.59. The fraction of sp³-hybridized carbons (Fsp3) is 0.318. The lowest BCUT2D eigenvalue weighted by Crippen LogP contribution is -2.48. The van der Waals surface area contributed by atoms with Crippen molar-refractivity contribution >= 4 is 16.8 Å². The molecule has 1 saturated heterocycles. The average molecular weight is 347 g/mol. The minimum absolute atomic E-state index is 0.227. The molecule has 1 N–H and O–H groups in total. The molecule has 4 nitrogen and oxygen atoms in total. The van der Waals surface area contributed by atoms with Crippen molar-refractivity contribution in [3.05, 3.63) is 71.4 Å². The van der Waals surface area contributed by atoms with Gasteiger partial charge < -0.3 is 9.88 Å². The Balaban J connectivity index is 1.32. The van der Waals surface area contributed by atoms with Crippen LogP contribution >= 0.6 is 0 Å². The molecule has 0 aliphatic carbocycles. The van der Waals surface area contributed by atoms with E-state index < -0.39 is 0 Å². The number of hydrogen-bond donors (Lipinski definition) is 1. The van der Waals surface area contributed by atoms with Crippen LogP contribution in [-0.2, 0) is 17.8 Å². The molecule has 0 atom stereocenters. The molecule has 0 unspecified atom stereocenters. The standard InChI is InChI=1S/C22H25N3O/c1-17-6-8-18(9-7-17)16-24-10-12-25(13-11-24)22(26)14-19-15-23-21-5-3-2-4-20(19)21/h2-9,15,23H,10-14,16H2,1H3. The molecule has 26 heavy (non-hydrogen) atoms. The number of H-pyrrole nitrogens is 1. The van der Waals surface area contributed by atoms with Crippen LogP contribution in [0.5, 0.6) is 0 Å². The van der Waals surface area contributed by atoms with Gasteiger partial charge in [0.25, 0.3) is 0 Å². The third-order valence-corrected chi connectivity index (χ3v) is 5.27. The van der Waals surface area contributed by atoms with Gasteiger partial charge >= 0.3 is 0 Å². The number of benzene rings is 2. The summed E-state index contributed by atoms with van der Waals surface area (Å²) in [5, 5.41) is 1.15. The summed E-state index contributed by atoms with van der Waals surface area (Å²) in [7, 11) is 0. The zero-order valence-corrected chi connectivity index (χ0v) is 15.2. The third kappa shape index (κ3) is 3.65. The summed E-state index contributed by atoms with van der Waals surface area (Å²) >= 11 is 0. The van der Waals surface area contributed by atoms with Gasteiger partial charge in [-0.2, -0.15) is 0 Å². The van der Waals surface area contributed by atoms with E-state index in [9.17, 15) is 4.79 Å². The molecule has 3 aromatic rings. The highest BCUT2D eigenvalue weighted by molar-refractivity contribution is 5.88. The monoisotopic (exact) mass is 347 g/mol. The van der Waals surface area contributed by atoms with Gasteiger partial charge in [-0.3, -0.25) is 9.69 Å². The van der Waals surface area contributed by atoms with E-state index in [2.05, 4.69) is 47.1 Å². The number of nitrogens with one attached hydrogen (secondary N) is 1. The molecule has 1 aliphatic rings. The van der Waals surface area contributed by atoms with E-state index in [0.717, 1.165) is 49.2 Å². The minimum Gasteiger partial charge on any atom is -0.361 e. The summed E-state index contributed by atoms with van der Waals surface area (Å²) in [5.74, 6) is 0.227. The highest BCUT2D eigenvalue weighted by Gasteiger charge is 2.22. The van der Waals surface area contributed by atoms with Crippen molar-refractivity contribution in [3.63, 3.8) is 0 Å². The van der Waals surface area contributed by atoms with E-state index in [4.69, 9.17) is 0 Å². The average Bonchev–Trinajstić information content (AvgIpc) is 3.07. The molecule has 1 aromatic heterocycles. The van der Waals surface area contributed by atoms with Crippen molar-refractivity contribution in [2.24, 2.45) is 0 Å². The second-order valence-corrected chi connectivity index (χ2v) is 7.18. The van der Waals surface area contributed by atoms with E-state index in [-0.39, 0.29) is 5.91 Å². The lowest BCUT2D eigenvalue weighted by atomic mass is 10.1. The Morgan fingerprint density at radius 1 is 1.00 bits per heavy atom. The fourth-order valence-corrected chi connectivity index (χ4v) is 3.66. The maximum atomic E-state index is 12.7. The number of aromatic nitrogens is 1. The topological polar surface area (TPSA) is 39.3 Å². The van der Waals surface area contributed by atoms with Crippen LogP contribution in [0.15, 0.2) is 54.7 Å². The fourth-order valence-electron chi connectivity index (χ4n) is 3.66. The third-order valence-electron chi connectivity index (χ3n) is 5.27. The number of aryl methyl sites for hydroxylation is 1. The van der Waals surface area contributed by atoms with Crippen LogP contribution in [0.4, 0.5) is 0 Å². The van der Waals surface area contributed by atoms with Crippen LogP contribution in [0.3, 0.4) is 0 Å². The molecule has 2 aromatic carbocycles. The van der Waals surface area contributed by atoms with Gasteiger partial charge in [0.05, 0.1) is 6.42 Å². The van der Waals surface area contributed by atoms with Gasteiger partial charge in [-0.15, -0.1) is 0 Å². The Kier molecular flexibility index (Phi) is 4.76.